The highest BCUT2D eigenvalue weighted by atomic mass is 32.2. The van der Waals surface area contributed by atoms with Crippen molar-refractivity contribution >= 4 is 29.3 Å². The Kier molecular flexibility index (Phi) is 12.6. The molecule has 0 bridgehead atoms. The van der Waals surface area contributed by atoms with Crippen molar-refractivity contribution in [3.63, 3.8) is 0 Å². The molecule has 41 heavy (non-hydrogen) atoms. The smallest absolute Gasteiger partial charge is 0.254 e. The average Bonchev–Trinajstić information content (AvgIpc) is 3.57. The number of amides is 2. The van der Waals surface area contributed by atoms with Crippen molar-refractivity contribution in [1.29, 1.82) is 0 Å². The van der Waals surface area contributed by atoms with Crippen LogP contribution in [-0.2, 0) is 17.6 Å². The van der Waals surface area contributed by atoms with Crippen LogP contribution in [0.2, 0.25) is 0 Å². The number of anilines is 1. The molecule has 1 aliphatic heterocycles. The predicted octanol–water partition coefficient (Wildman–Crippen LogP) is 7.10. The first-order chi connectivity index (χ1) is 19.9. The number of benzene rings is 2. The summed E-state index contributed by atoms with van der Waals surface area (Å²) in [5.74, 6) is -0.327. The molecule has 9 heteroatoms. The summed E-state index contributed by atoms with van der Waals surface area (Å²) in [7, 11) is 0. The zero-order chi connectivity index (χ0) is 29.6. The molecule has 0 saturated carbocycles. The van der Waals surface area contributed by atoms with E-state index >= 15 is 0 Å². The summed E-state index contributed by atoms with van der Waals surface area (Å²) >= 11 is 1.68. The summed E-state index contributed by atoms with van der Waals surface area (Å²) < 4.78 is 13.2. The quantitative estimate of drug-likeness (QED) is 0.229. The number of nitrogens with one attached hydrogen (secondary N) is 2. The van der Waals surface area contributed by atoms with Crippen LogP contribution < -0.4 is 5.32 Å². The Morgan fingerprint density at radius 3 is 2.44 bits per heavy atom. The van der Waals surface area contributed by atoms with E-state index < -0.39 is 0 Å². The molecule has 4 aromatic rings. The minimum absolute atomic E-state index is 0.0353. The fourth-order valence-electron chi connectivity index (χ4n) is 4.50. The molecular formula is C32H38FN5O2S. The van der Waals surface area contributed by atoms with Crippen molar-refractivity contribution in [3.8, 4) is 0 Å². The van der Waals surface area contributed by atoms with Gasteiger partial charge in [-0.3, -0.25) is 14.6 Å². The molecule has 1 atom stereocenters. The third-order valence-corrected chi connectivity index (χ3v) is 7.11. The second-order valence-electron chi connectivity index (χ2n) is 9.53. The van der Waals surface area contributed by atoms with Crippen molar-refractivity contribution in [3.05, 3.63) is 108 Å². The second-order valence-corrected chi connectivity index (χ2v) is 10.4. The molecule has 3 heterocycles. The van der Waals surface area contributed by atoms with E-state index in [1.54, 1.807) is 36.5 Å². The van der Waals surface area contributed by atoms with Gasteiger partial charge in [-0.1, -0.05) is 32.4 Å². The first kappa shape index (κ1) is 31.5. The van der Waals surface area contributed by atoms with E-state index in [-0.39, 0.29) is 23.7 Å². The minimum atomic E-state index is -0.354. The molecule has 2 amide bonds. The van der Waals surface area contributed by atoms with Gasteiger partial charge in [-0.15, -0.1) is 11.8 Å². The van der Waals surface area contributed by atoms with Crippen LogP contribution in [0, 0.1) is 5.82 Å². The van der Waals surface area contributed by atoms with Crippen LogP contribution in [0.3, 0.4) is 0 Å². The molecule has 216 valence electrons. The number of aryl methyl sites for hydroxylation is 1. The lowest BCUT2D eigenvalue weighted by Crippen LogP contribution is -2.41. The summed E-state index contributed by atoms with van der Waals surface area (Å²) in [6.45, 7) is 6.38. The molecule has 0 spiro atoms. The molecule has 0 radical (unpaired) electrons. The van der Waals surface area contributed by atoms with Gasteiger partial charge in [-0.25, -0.2) is 9.37 Å². The van der Waals surface area contributed by atoms with Crippen molar-refractivity contribution in [1.82, 2.24) is 19.9 Å². The zero-order valence-electron chi connectivity index (χ0n) is 24.1. The van der Waals surface area contributed by atoms with Crippen LogP contribution in [0.1, 0.15) is 66.8 Å². The molecular weight excluding hydrogens is 537 g/mol. The minimum Gasteiger partial charge on any atom is -0.351 e. The van der Waals surface area contributed by atoms with Gasteiger partial charge in [-0.05, 0) is 79.1 Å². The first-order valence-electron chi connectivity index (χ1n) is 13.7. The van der Waals surface area contributed by atoms with Gasteiger partial charge in [0.25, 0.3) is 5.91 Å². The van der Waals surface area contributed by atoms with Gasteiger partial charge in [-0.2, -0.15) is 0 Å². The molecule has 1 unspecified atom stereocenters. The molecule has 5 rings (SSSR count). The topological polar surface area (TPSA) is 91.0 Å². The van der Waals surface area contributed by atoms with E-state index in [2.05, 4.69) is 46.2 Å². The number of fused-ring (bicyclic) bond motifs is 1. The number of aromatic amines is 1. The maximum Gasteiger partial charge on any atom is 0.254 e. The fraction of sp³-hybridized carbons (Fsp3) is 0.312. The number of H-pyrrole nitrogens is 1. The van der Waals surface area contributed by atoms with Gasteiger partial charge in [0.1, 0.15) is 5.82 Å². The van der Waals surface area contributed by atoms with Gasteiger partial charge >= 0.3 is 0 Å². The SMILES string of the molecule is CCCc1ccc2c(c1)C(=O)N(CCC)C(c1ccc(F)cn1)C2.CSc1ccc(NC(C)=O)cc1.c1c[nH]cn1. The lowest BCUT2D eigenvalue weighted by Gasteiger charge is -2.36. The molecule has 2 aromatic heterocycles. The number of hydrogen-bond donors (Lipinski definition) is 2. The van der Waals surface area contributed by atoms with Crippen molar-refractivity contribution < 1.29 is 14.0 Å². The van der Waals surface area contributed by atoms with E-state index in [1.807, 2.05) is 41.5 Å². The first-order valence-corrected chi connectivity index (χ1v) is 15.0. The molecule has 2 N–H and O–H groups in total. The summed E-state index contributed by atoms with van der Waals surface area (Å²) in [5, 5.41) is 2.71. The molecule has 0 fully saturated rings. The van der Waals surface area contributed by atoms with Crippen molar-refractivity contribution in [2.75, 3.05) is 18.1 Å². The van der Waals surface area contributed by atoms with Crippen LogP contribution in [-0.4, -0.2) is 44.5 Å². The maximum atomic E-state index is 13.2. The summed E-state index contributed by atoms with van der Waals surface area (Å²) in [6, 6.07) is 17.0. The van der Waals surface area contributed by atoms with Gasteiger partial charge in [0.05, 0.1) is 24.3 Å². The Bertz CT molecular complexity index is 1340. The van der Waals surface area contributed by atoms with Gasteiger partial charge in [0.2, 0.25) is 5.91 Å². The lowest BCUT2D eigenvalue weighted by molar-refractivity contribution is -0.114. The number of aromatic nitrogens is 3. The third kappa shape index (κ3) is 9.56. The largest absolute Gasteiger partial charge is 0.351 e. The van der Waals surface area contributed by atoms with E-state index in [0.717, 1.165) is 48.2 Å². The number of imidazole rings is 1. The summed E-state index contributed by atoms with van der Waals surface area (Å²) in [4.78, 5) is 37.4. The van der Waals surface area contributed by atoms with Crippen LogP contribution in [0.5, 0.6) is 0 Å². The Balaban J connectivity index is 0.000000224. The van der Waals surface area contributed by atoms with Gasteiger partial charge in [0.15, 0.2) is 0 Å². The van der Waals surface area contributed by atoms with E-state index in [4.69, 9.17) is 0 Å². The van der Waals surface area contributed by atoms with E-state index in [1.165, 1.54) is 29.6 Å². The number of pyridine rings is 1. The highest BCUT2D eigenvalue weighted by Gasteiger charge is 2.33. The molecule has 2 aromatic carbocycles. The highest BCUT2D eigenvalue weighted by molar-refractivity contribution is 7.98. The lowest BCUT2D eigenvalue weighted by atomic mass is 9.89. The average molecular weight is 576 g/mol. The summed E-state index contributed by atoms with van der Waals surface area (Å²) in [5.41, 5.74) is 4.68. The standard InChI is InChI=1S/C20H23FN2O.C9H11NOS.C3H4N2/c1-3-5-14-6-7-15-12-19(18-9-8-16(21)13-22-18)23(10-4-2)20(24)17(15)11-14;1-7(11)10-8-3-5-9(12-2)6-4-8;1-2-5-3-4-1/h6-9,11,13,19H,3-5,10,12H2,1-2H3;3-6H,1-2H3,(H,10,11);1-3H,(H,4,5). The highest BCUT2D eigenvalue weighted by Crippen LogP contribution is 2.33. The third-order valence-electron chi connectivity index (χ3n) is 6.37. The van der Waals surface area contributed by atoms with Crippen molar-refractivity contribution in [2.24, 2.45) is 0 Å². The monoisotopic (exact) mass is 575 g/mol. The summed E-state index contributed by atoms with van der Waals surface area (Å²) in [6.07, 6.45) is 12.0. The van der Waals surface area contributed by atoms with Gasteiger partial charge < -0.3 is 15.2 Å². The van der Waals surface area contributed by atoms with Crippen molar-refractivity contribution in [2.45, 2.75) is 57.4 Å². The maximum absolute atomic E-state index is 13.2. The number of hydrogen-bond acceptors (Lipinski definition) is 5. The second kappa shape index (κ2) is 16.3. The number of nitrogens with zero attached hydrogens (tertiary/aromatic N) is 3. The van der Waals surface area contributed by atoms with E-state index in [0.29, 0.717) is 6.54 Å². The molecule has 0 saturated heterocycles. The normalized spacial score (nSPS) is 13.7. The molecule has 0 aliphatic carbocycles. The number of carbonyl (C=O) groups excluding carboxylic acids is 2. The number of halogens is 1. The van der Waals surface area contributed by atoms with Gasteiger partial charge in [0, 0.05) is 42.0 Å². The zero-order valence-corrected chi connectivity index (χ0v) is 24.9. The van der Waals surface area contributed by atoms with Crippen LogP contribution in [0.15, 0.2) is 84.4 Å². The predicted molar refractivity (Wildman–Crippen MR) is 164 cm³/mol. The number of rotatable bonds is 7. The van der Waals surface area contributed by atoms with Crippen LogP contribution in [0.4, 0.5) is 10.1 Å². The Hall–Kier alpha value is -3.98. The Morgan fingerprint density at radius 1 is 1.12 bits per heavy atom. The number of thioether (sulfide) groups is 1. The molecule has 7 nitrogen and oxygen atoms in total. The van der Waals surface area contributed by atoms with Crippen LogP contribution >= 0.6 is 11.8 Å². The Labute approximate surface area is 246 Å². The molecule has 1 aliphatic rings. The Morgan fingerprint density at radius 2 is 1.90 bits per heavy atom. The van der Waals surface area contributed by atoms with E-state index in [9.17, 15) is 14.0 Å². The fourth-order valence-corrected chi connectivity index (χ4v) is 4.91. The van der Waals surface area contributed by atoms with Crippen LogP contribution in [0.25, 0.3) is 0 Å². The number of carbonyl (C=O) groups is 2.